The van der Waals surface area contributed by atoms with Crippen molar-refractivity contribution >= 4 is 5.91 Å². The molecular weight excluding hydrogens is 216 g/mol. The van der Waals surface area contributed by atoms with Crippen LogP contribution in [0.5, 0.6) is 0 Å². The van der Waals surface area contributed by atoms with E-state index in [0.717, 1.165) is 12.1 Å². The van der Waals surface area contributed by atoms with Gasteiger partial charge in [-0.05, 0) is 11.8 Å². The molecule has 0 fully saturated rings. The first-order chi connectivity index (χ1) is 7.87. The second-order valence-electron chi connectivity index (χ2n) is 5.58. The lowest BCUT2D eigenvalue weighted by molar-refractivity contribution is -0.121. The van der Waals surface area contributed by atoms with Gasteiger partial charge in [0.25, 0.3) is 0 Å². The summed E-state index contributed by atoms with van der Waals surface area (Å²) in [4.78, 5) is 18.4. The van der Waals surface area contributed by atoms with E-state index in [0.29, 0.717) is 13.0 Å². The average molecular weight is 238 g/mol. The molecule has 5 heteroatoms. The number of H-pyrrole nitrogens is 1. The van der Waals surface area contributed by atoms with Crippen LogP contribution in [0.25, 0.3) is 0 Å². The molecule has 0 aliphatic heterocycles. The fourth-order valence-electron chi connectivity index (χ4n) is 1.74. The van der Waals surface area contributed by atoms with Gasteiger partial charge in [0.05, 0.1) is 18.6 Å². The Bertz CT molecular complexity index is 340. The molecule has 1 heterocycles. The number of aromatic nitrogens is 2. The molecule has 0 radical (unpaired) electrons. The number of nitrogens with zero attached hydrogens (tertiary/aromatic N) is 1. The van der Waals surface area contributed by atoms with Crippen LogP contribution in [0.3, 0.4) is 0 Å². The Morgan fingerprint density at radius 2 is 2.29 bits per heavy atom. The first-order valence-corrected chi connectivity index (χ1v) is 5.86. The molecule has 1 unspecified atom stereocenters. The van der Waals surface area contributed by atoms with Gasteiger partial charge in [-0.25, -0.2) is 4.98 Å². The van der Waals surface area contributed by atoms with Crippen LogP contribution in [0.4, 0.5) is 0 Å². The van der Waals surface area contributed by atoms with Gasteiger partial charge in [0.1, 0.15) is 0 Å². The lowest BCUT2D eigenvalue weighted by Crippen LogP contribution is -2.34. The highest BCUT2D eigenvalue weighted by molar-refractivity contribution is 5.76. The van der Waals surface area contributed by atoms with E-state index in [1.165, 1.54) is 0 Å². The molecule has 1 aromatic heterocycles. The Balaban J connectivity index is 2.25. The summed E-state index contributed by atoms with van der Waals surface area (Å²) >= 11 is 0. The number of amides is 1. The number of carbonyl (C=O) groups excluding carboxylic acids is 1. The van der Waals surface area contributed by atoms with Gasteiger partial charge in [-0.1, -0.05) is 20.8 Å². The zero-order valence-corrected chi connectivity index (χ0v) is 10.8. The largest absolute Gasteiger partial charge is 0.350 e. The first kappa shape index (κ1) is 13.7. The van der Waals surface area contributed by atoms with Crippen molar-refractivity contribution in [2.45, 2.75) is 46.2 Å². The van der Waals surface area contributed by atoms with Crippen LogP contribution in [0.2, 0.25) is 0 Å². The van der Waals surface area contributed by atoms with Gasteiger partial charge >= 0.3 is 0 Å². The fraction of sp³-hybridized carbons (Fsp3) is 0.667. The standard InChI is InChI=1S/C12H22N4O/c1-12(2,3)5-9(13)4-11(17)15-7-10-6-14-8-16-10/h6,8-9H,4-5,7,13H2,1-3H3,(H,14,16)(H,15,17). The van der Waals surface area contributed by atoms with Crippen LogP contribution < -0.4 is 11.1 Å². The molecule has 4 N–H and O–H groups in total. The number of hydrogen-bond donors (Lipinski definition) is 3. The monoisotopic (exact) mass is 238 g/mol. The zero-order chi connectivity index (χ0) is 12.9. The normalized spacial score (nSPS) is 13.4. The summed E-state index contributed by atoms with van der Waals surface area (Å²) in [6.45, 7) is 6.83. The van der Waals surface area contributed by atoms with Gasteiger partial charge in [0.2, 0.25) is 5.91 Å². The minimum absolute atomic E-state index is 0.0173. The number of hydrogen-bond acceptors (Lipinski definition) is 3. The highest BCUT2D eigenvalue weighted by atomic mass is 16.1. The number of nitrogens with one attached hydrogen (secondary N) is 2. The van der Waals surface area contributed by atoms with Gasteiger partial charge in [-0.15, -0.1) is 0 Å². The van der Waals surface area contributed by atoms with E-state index in [2.05, 4.69) is 36.1 Å². The first-order valence-electron chi connectivity index (χ1n) is 5.86. The predicted octanol–water partition coefficient (Wildman–Crippen LogP) is 1.18. The van der Waals surface area contributed by atoms with Crippen LogP contribution >= 0.6 is 0 Å². The highest BCUT2D eigenvalue weighted by Gasteiger charge is 2.17. The predicted molar refractivity (Wildman–Crippen MR) is 67.1 cm³/mol. The van der Waals surface area contributed by atoms with E-state index in [4.69, 9.17) is 5.73 Å². The summed E-state index contributed by atoms with van der Waals surface area (Å²) < 4.78 is 0. The fourth-order valence-corrected chi connectivity index (χ4v) is 1.74. The third-order valence-electron chi connectivity index (χ3n) is 2.35. The van der Waals surface area contributed by atoms with E-state index in [1.807, 2.05) is 0 Å². The Hall–Kier alpha value is -1.36. The third kappa shape index (κ3) is 6.06. The Labute approximate surface area is 102 Å². The SMILES string of the molecule is CC(C)(C)CC(N)CC(=O)NCc1cnc[nH]1. The number of rotatable bonds is 5. The summed E-state index contributed by atoms with van der Waals surface area (Å²) in [5, 5.41) is 2.81. The van der Waals surface area contributed by atoms with Crippen molar-refractivity contribution < 1.29 is 4.79 Å². The molecule has 0 aromatic carbocycles. The van der Waals surface area contributed by atoms with Crippen molar-refractivity contribution in [3.05, 3.63) is 18.2 Å². The van der Waals surface area contributed by atoms with Crippen LogP contribution in [0, 0.1) is 5.41 Å². The number of imidazole rings is 1. The van der Waals surface area contributed by atoms with E-state index < -0.39 is 0 Å². The maximum absolute atomic E-state index is 11.6. The molecule has 0 aliphatic rings. The third-order valence-corrected chi connectivity index (χ3v) is 2.35. The molecule has 5 nitrogen and oxygen atoms in total. The number of nitrogens with two attached hydrogens (primary N) is 1. The van der Waals surface area contributed by atoms with E-state index in [1.54, 1.807) is 12.5 Å². The lowest BCUT2D eigenvalue weighted by Gasteiger charge is -2.22. The van der Waals surface area contributed by atoms with Crippen molar-refractivity contribution in [2.75, 3.05) is 0 Å². The summed E-state index contributed by atoms with van der Waals surface area (Å²) in [7, 11) is 0. The topological polar surface area (TPSA) is 83.8 Å². The van der Waals surface area contributed by atoms with Gasteiger partial charge in [-0.2, -0.15) is 0 Å². The maximum atomic E-state index is 11.6. The minimum Gasteiger partial charge on any atom is -0.350 e. The highest BCUT2D eigenvalue weighted by Crippen LogP contribution is 2.20. The van der Waals surface area contributed by atoms with Crippen molar-refractivity contribution in [1.29, 1.82) is 0 Å². The van der Waals surface area contributed by atoms with E-state index in [-0.39, 0.29) is 17.4 Å². The van der Waals surface area contributed by atoms with Crippen LogP contribution in [-0.2, 0) is 11.3 Å². The van der Waals surface area contributed by atoms with Gasteiger partial charge < -0.3 is 16.0 Å². The molecule has 1 amide bonds. The number of aromatic amines is 1. The molecule has 0 saturated carbocycles. The molecule has 0 spiro atoms. The van der Waals surface area contributed by atoms with Crippen molar-refractivity contribution in [3.8, 4) is 0 Å². The smallest absolute Gasteiger partial charge is 0.221 e. The molecule has 17 heavy (non-hydrogen) atoms. The lowest BCUT2D eigenvalue weighted by atomic mass is 9.87. The van der Waals surface area contributed by atoms with E-state index in [9.17, 15) is 4.79 Å². The molecule has 1 atom stereocenters. The van der Waals surface area contributed by atoms with Crippen molar-refractivity contribution in [1.82, 2.24) is 15.3 Å². The molecule has 0 saturated heterocycles. The van der Waals surface area contributed by atoms with Crippen molar-refractivity contribution in [3.63, 3.8) is 0 Å². The molecule has 0 aliphatic carbocycles. The van der Waals surface area contributed by atoms with Gasteiger partial charge in [0, 0.05) is 18.7 Å². The second-order valence-corrected chi connectivity index (χ2v) is 5.58. The minimum atomic E-state index is -0.0863. The van der Waals surface area contributed by atoms with Gasteiger partial charge in [0.15, 0.2) is 0 Å². The van der Waals surface area contributed by atoms with Crippen LogP contribution in [0.15, 0.2) is 12.5 Å². The summed E-state index contributed by atoms with van der Waals surface area (Å²) in [5.41, 5.74) is 6.98. The number of carbonyl (C=O) groups is 1. The van der Waals surface area contributed by atoms with Gasteiger partial charge in [-0.3, -0.25) is 4.79 Å². The molecule has 1 aromatic rings. The molecule has 96 valence electrons. The molecule has 0 bridgehead atoms. The van der Waals surface area contributed by atoms with Crippen LogP contribution in [0.1, 0.15) is 39.3 Å². The Morgan fingerprint density at radius 1 is 1.59 bits per heavy atom. The zero-order valence-electron chi connectivity index (χ0n) is 10.8. The van der Waals surface area contributed by atoms with E-state index >= 15 is 0 Å². The molecular formula is C12H22N4O. The summed E-state index contributed by atoms with van der Waals surface area (Å²) in [6.07, 6.45) is 4.48. The Kier molecular flexibility index (Phi) is 4.69. The second kappa shape index (κ2) is 5.82. The summed E-state index contributed by atoms with van der Waals surface area (Å²) in [5.74, 6) is -0.0173. The average Bonchev–Trinajstić information content (AvgIpc) is 2.63. The molecule has 1 rings (SSSR count). The summed E-state index contributed by atoms with van der Waals surface area (Å²) in [6, 6.07) is -0.0863. The van der Waals surface area contributed by atoms with Crippen LogP contribution in [-0.4, -0.2) is 21.9 Å². The maximum Gasteiger partial charge on any atom is 0.221 e. The van der Waals surface area contributed by atoms with Crippen molar-refractivity contribution in [2.24, 2.45) is 11.1 Å². The Morgan fingerprint density at radius 3 is 2.82 bits per heavy atom. The quantitative estimate of drug-likeness (QED) is 0.720.